The molecule has 90 valence electrons. The fourth-order valence-electron chi connectivity index (χ4n) is 1.60. The summed E-state index contributed by atoms with van der Waals surface area (Å²) < 4.78 is 39.0. The van der Waals surface area contributed by atoms with Gasteiger partial charge in [-0.2, -0.15) is 18.3 Å². The van der Waals surface area contributed by atoms with Crippen molar-refractivity contribution in [2.45, 2.75) is 20.0 Å². The van der Waals surface area contributed by atoms with E-state index in [0.717, 1.165) is 23.7 Å². The van der Waals surface area contributed by atoms with E-state index < -0.39 is 11.9 Å². The molecule has 0 radical (unpaired) electrons. The van der Waals surface area contributed by atoms with Gasteiger partial charge in [0.15, 0.2) is 0 Å². The fourth-order valence-corrected chi connectivity index (χ4v) is 1.60. The SMILES string of the molecule is Cc1cc(C)n(-c2ccnc(C(F)(F)F)c2)n1. The maximum Gasteiger partial charge on any atom is 0.433 e. The molecule has 0 atom stereocenters. The molecule has 0 fully saturated rings. The van der Waals surface area contributed by atoms with Crippen LogP contribution >= 0.6 is 0 Å². The van der Waals surface area contributed by atoms with E-state index in [0.29, 0.717) is 5.69 Å². The molecule has 2 aromatic heterocycles. The van der Waals surface area contributed by atoms with Gasteiger partial charge in [-0.25, -0.2) is 4.68 Å². The summed E-state index contributed by atoms with van der Waals surface area (Å²) in [5, 5.41) is 4.13. The van der Waals surface area contributed by atoms with Crippen LogP contribution in [0.1, 0.15) is 17.1 Å². The number of halogens is 3. The van der Waals surface area contributed by atoms with Gasteiger partial charge in [0.2, 0.25) is 0 Å². The molecule has 0 aliphatic carbocycles. The Morgan fingerprint density at radius 1 is 1.18 bits per heavy atom. The van der Waals surface area contributed by atoms with Crippen LogP contribution in [-0.2, 0) is 6.18 Å². The smallest absolute Gasteiger partial charge is 0.252 e. The molecule has 2 heterocycles. The van der Waals surface area contributed by atoms with Crippen molar-refractivity contribution in [2.24, 2.45) is 0 Å². The van der Waals surface area contributed by atoms with Crippen LogP contribution in [0.15, 0.2) is 24.4 Å². The fraction of sp³-hybridized carbons (Fsp3) is 0.273. The first-order valence-corrected chi connectivity index (χ1v) is 4.95. The first-order chi connectivity index (χ1) is 7.88. The van der Waals surface area contributed by atoms with Crippen LogP contribution in [0.25, 0.3) is 5.69 Å². The minimum atomic E-state index is -4.44. The summed E-state index contributed by atoms with van der Waals surface area (Å²) in [7, 11) is 0. The average molecular weight is 241 g/mol. The Labute approximate surface area is 95.9 Å². The Kier molecular flexibility index (Phi) is 2.65. The summed E-state index contributed by atoms with van der Waals surface area (Å²) in [5.74, 6) is 0. The number of alkyl halides is 3. The number of rotatable bonds is 1. The van der Waals surface area contributed by atoms with E-state index in [-0.39, 0.29) is 0 Å². The van der Waals surface area contributed by atoms with Crippen molar-refractivity contribution in [2.75, 3.05) is 0 Å². The molecule has 17 heavy (non-hydrogen) atoms. The molecular formula is C11H10F3N3. The van der Waals surface area contributed by atoms with Gasteiger partial charge >= 0.3 is 6.18 Å². The molecule has 0 saturated heterocycles. The first kappa shape index (κ1) is 11.6. The van der Waals surface area contributed by atoms with E-state index in [1.807, 2.05) is 0 Å². The molecule has 0 aliphatic rings. The van der Waals surface area contributed by atoms with Gasteiger partial charge in [0, 0.05) is 11.9 Å². The highest BCUT2D eigenvalue weighted by molar-refractivity contribution is 5.34. The predicted molar refractivity (Wildman–Crippen MR) is 55.8 cm³/mol. The number of aromatic nitrogens is 3. The Morgan fingerprint density at radius 3 is 2.41 bits per heavy atom. The Morgan fingerprint density at radius 2 is 1.88 bits per heavy atom. The van der Waals surface area contributed by atoms with Gasteiger partial charge in [-0.1, -0.05) is 0 Å². The number of pyridine rings is 1. The molecule has 0 spiro atoms. The lowest BCUT2D eigenvalue weighted by molar-refractivity contribution is -0.141. The maximum absolute atomic E-state index is 12.5. The van der Waals surface area contributed by atoms with Crippen molar-refractivity contribution in [1.29, 1.82) is 0 Å². The van der Waals surface area contributed by atoms with E-state index in [1.165, 1.54) is 10.7 Å². The van der Waals surface area contributed by atoms with Crippen LogP contribution in [0.5, 0.6) is 0 Å². The zero-order valence-electron chi connectivity index (χ0n) is 9.28. The molecule has 0 amide bonds. The van der Waals surface area contributed by atoms with Crippen molar-refractivity contribution < 1.29 is 13.2 Å². The molecule has 2 rings (SSSR count). The highest BCUT2D eigenvalue weighted by Gasteiger charge is 2.32. The molecular weight excluding hydrogens is 231 g/mol. The van der Waals surface area contributed by atoms with Gasteiger partial charge in [-0.15, -0.1) is 0 Å². The molecule has 0 bridgehead atoms. The lowest BCUT2D eigenvalue weighted by atomic mass is 10.3. The highest BCUT2D eigenvalue weighted by atomic mass is 19.4. The summed E-state index contributed by atoms with van der Waals surface area (Å²) in [5.41, 5.74) is 0.982. The van der Waals surface area contributed by atoms with E-state index in [1.54, 1.807) is 19.9 Å². The first-order valence-electron chi connectivity index (χ1n) is 4.95. The second-order valence-electron chi connectivity index (χ2n) is 3.74. The van der Waals surface area contributed by atoms with E-state index in [4.69, 9.17) is 0 Å². The average Bonchev–Trinajstić information content (AvgIpc) is 2.57. The summed E-state index contributed by atoms with van der Waals surface area (Å²) in [6.07, 6.45) is -3.30. The van der Waals surface area contributed by atoms with Crippen molar-refractivity contribution in [1.82, 2.24) is 14.8 Å². The number of aryl methyl sites for hydroxylation is 2. The van der Waals surface area contributed by atoms with Crippen molar-refractivity contribution in [3.8, 4) is 5.69 Å². The topological polar surface area (TPSA) is 30.7 Å². The minimum absolute atomic E-state index is 0.359. The standard InChI is InChI=1S/C11H10F3N3/c1-7-5-8(2)17(16-7)9-3-4-15-10(6-9)11(12,13)14/h3-6H,1-2H3. The van der Waals surface area contributed by atoms with E-state index in [2.05, 4.69) is 10.1 Å². The van der Waals surface area contributed by atoms with Crippen LogP contribution < -0.4 is 0 Å². The summed E-state index contributed by atoms with van der Waals surface area (Å²) in [6, 6.07) is 4.28. The highest BCUT2D eigenvalue weighted by Crippen LogP contribution is 2.28. The number of nitrogens with zero attached hydrogens (tertiary/aromatic N) is 3. The van der Waals surface area contributed by atoms with E-state index in [9.17, 15) is 13.2 Å². The third-order valence-electron chi connectivity index (χ3n) is 2.29. The molecule has 0 saturated carbocycles. The van der Waals surface area contributed by atoms with Gasteiger partial charge in [0.05, 0.1) is 11.4 Å². The second-order valence-corrected chi connectivity index (χ2v) is 3.74. The third-order valence-corrected chi connectivity index (χ3v) is 2.29. The van der Waals surface area contributed by atoms with Gasteiger partial charge in [-0.3, -0.25) is 4.98 Å². The molecule has 6 heteroatoms. The van der Waals surface area contributed by atoms with Crippen LogP contribution in [0.3, 0.4) is 0 Å². The Bertz CT molecular complexity index is 543. The predicted octanol–water partition coefficient (Wildman–Crippen LogP) is 2.90. The molecule has 0 unspecified atom stereocenters. The number of hydrogen-bond donors (Lipinski definition) is 0. The van der Waals surface area contributed by atoms with Gasteiger partial charge in [0.25, 0.3) is 0 Å². The molecule has 0 aromatic carbocycles. The van der Waals surface area contributed by atoms with Crippen LogP contribution in [0.2, 0.25) is 0 Å². The molecule has 0 aliphatic heterocycles. The van der Waals surface area contributed by atoms with Gasteiger partial charge in [-0.05, 0) is 32.0 Å². The van der Waals surface area contributed by atoms with Crippen molar-refractivity contribution >= 4 is 0 Å². The normalized spacial score (nSPS) is 11.8. The summed E-state index contributed by atoms with van der Waals surface area (Å²) in [4.78, 5) is 3.31. The molecule has 3 nitrogen and oxygen atoms in total. The summed E-state index contributed by atoms with van der Waals surface area (Å²) >= 11 is 0. The lowest BCUT2D eigenvalue weighted by Gasteiger charge is -2.08. The number of hydrogen-bond acceptors (Lipinski definition) is 2. The zero-order valence-corrected chi connectivity index (χ0v) is 9.28. The zero-order chi connectivity index (χ0) is 12.6. The largest absolute Gasteiger partial charge is 0.433 e. The van der Waals surface area contributed by atoms with Crippen molar-refractivity contribution in [3.05, 3.63) is 41.5 Å². The summed E-state index contributed by atoms with van der Waals surface area (Å²) in [6.45, 7) is 3.57. The van der Waals surface area contributed by atoms with Crippen LogP contribution in [0, 0.1) is 13.8 Å². The second kappa shape index (κ2) is 3.87. The third kappa shape index (κ3) is 2.30. The molecule has 0 N–H and O–H groups in total. The van der Waals surface area contributed by atoms with E-state index >= 15 is 0 Å². The van der Waals surface area contributed by atoms with Crippen LogP contribution in [0.4, 0.5) is 13.2 Å². The Hall–Kier alpha value is -1.85. The minimum Gasteiger partial charge on any atom is -0.252 e. The van der Waals surface area contributed by atoms with Crippen LogP contribution in [-0.4, -0.2) is 14.8 Å². The molecule has 2 aromatic rings. The Balaban J connectivity index is 2.50. The monoisotopic (exact) mass is 241 g/mol. The maximum atomic E-state index is 12.5. The quantitative estimate of drug-likeness (QED) is 0.768. The van der Waals surface area contributed by atoms with Gasteiger partial charge < -0.3 is 0 Å². The van der Waals surface area contributed by atoms with Crippen molar-refractivity contribution in [3.63, 3.8) is 0 Å². The lowest BCUT2D eigenvalue weighted by Crippen LogP contribution is -2.09. The van der Waals surface area contributed by atoms with Gasteiger partial charge in [0.1, 0.15) is 5.69 Å².